The van der Waals surface area contributed by atoms with Crippen molar-refractivity contribution in [1.82, 2.24) is 5.32 Å². The molecule has 1 heterocycles. The van der Waals surface area contributed by atoms with Crippen molar-refractivity contribution in [1.29, 1.82) is 0 Å². The third-order valence-corrected chi connectivity index (χ3v) is 5.00. The van der Waals surface area contributed by atoms with Crippen LogP contribution in [0.3, 0.4) is 0 Å². The van der Waals surface area contributed by atoms with Crippen molar-refractivity contribution in [2.75, 3.05) is 6.61 Å². The first kappa shape index (κ1) is 16.3. The van der Waals surface area contributed by atoms with E-state index in [0.29, 0.717) is 29.0 Å². The van der Waals surface area contributed by atoms with Crippen molar-refractivity contribution in [3.8, 4) is 0 Å². The lowest BCUT2D eigenvalue weighted by Crippen LogP contribution is -2.49. The minimum absolute atomic E-state index is 0.480. The van der Waals surface area contributed by atoms with E-state index in [4.69, 9.17) is 4.74 Å². The van der Waals surface area contributed by atoms with Gasteiger partial charge in [0.1, 0.15) is 0 Å². The number of hydrogen-bond donors (Lipinski definition) is 1. The molecular formula is C18H35NO. The van der Waals surface area contributed by atoms with Crippen LogP contribution in [0.2, 0.25) is 0 Å². The molecule has 2 aliphatic rings. The first-order chi connectivity index (χ1) is 9.30. The molecule has 0 aromatic rings. The highest BCUT2D eigenvalue weighted by Gasteiger charge is 2.39. The molecule has 2 heteroatoms. The van der Waals surface area contributed by atoms with E-state index >= 15 is 0 Å². The maximum absolute atomic E-state index is 5.88. The minimum atomic E-state index is 0.480. The number of nitrogens with one attached hydrogen (secondary N) is 1. The molecule has 118 valence electrons. The van der Waals surface area contributed by atoms with E-state index in [0.717, 1.165) is 6.61 Å². The predicted molar refractivity (Wildman–Crippen MR) is 86.0 cm³/mol. The van der Waals surface area contributed by atoms with Gasteiger partial charge in [0.2, 0.25) is 0 Å². The summed E-state index contributed by atoms with van der Waals surface area (Å²) in [5.41, 5.74) is 0.959. The molecule has 1 aliphatic carbocycles. The van der Waals surface area contributed by atoms with Gasteiger partial charge in [-0.1, -0.05) is 41.0 Å². The van der Waals surface area contributed by atoms with Crippen LogP contribution in [-0.4, -0.2) is 24.8 Å². The second-order valence-electron chi connectivity index (χ2n) is 8.78. The van der Waals surface area contributed by atoms with E-state index in [2.05, 4.69) is 39.9 Å². The second kappa shape index (κ2) is 6.36. The zero-order valence-electron chi connectivity index (χ0n) is 14.3. The Labute approximate surface area is 126 Å². The Morgan fingerprint density at radius 1 is 1.05 bits per heavy atom. The maximum Gasteiger partial charge on any atom is 0.0589 e. The summed E-state index contributed by atoms with van der Waals surface area (Å²) in [4.78, 5) is 0. The molecule has 1 N–H and O–H groups in total. The highest BCUT2D eigenvalue weighted by molar-refractivity contribution is 4.94. The van der Waals surface area contributed by atoms with Crippen LogP contribution in [0.4, 0.5) is 0 Å². The summed E-state index contributed by atoms with van der Waals surface area (Å²) in [6, 6.07) is 1.37. The van der Waals surface area contributed by atoms with E-state index in [1.54, 1.807) is 0 Å². The van der Waals surface area contributed by atoms with Crippen molar-refractivity contribution in [2.45, 2.75) is 97.8 Å². The van der Waals surface area contributed by atoms with Gasteiger partial charge in [0.05, 0.1) is 6.10 Å². The standard InChI is InChI=1S/C18H35NO/c1-6-7-16-10-14(8-9-20-16)19-15-11-17(2,3)13-18(4,5)12-15/h14-16,19H,6-13H2,1-5H3. The number of ether oxygens (including phenoxy) is 1. The highest BCUT2D eigenvalue weighted by atomic mass is 16.5. The summed E-state index contributed by atoms with van der Waals surface area (Å²) in [7, 11) is 0. The molecule has 2 rings (SSSR count). The van der Waals surface area contributed by atoms with E-state index in [9.17, 15) is 0 Å². The molecule has 1 saturated heterocycles. The summed E-state index contributed by atoms with van der Waals surface area (Å²) < 4.78 is 5.88. The van der Waals surface area contributed by atoms with Crippen molar-refractivity contribution >= 4 is 0 Å². The van der Waals surface area contributed by atoms with Gasteiger partial charge in [-0.2, -0.15) is 0 Å². The van der Waals surface area contributed by atoms with Gasteiger partial charge in [-0.25, -0.2) is 0 Å². The monoisotopic (exact) mass is 281 g/mol. The van der Waals surface area contributed by atoms with Crippen LogP contribution in [-0.2, 0) is 4.74 Å². The van der Waals surface area contributed by atoms with Gasteiger partial charge in [0.15, 0.2) is 0 Å². The Morgan fingerprint density at radius 2 is 1.70 bits per heavy atom. The van der Waals surface area contributed by atoms with Gasteiger partial charge in [0.25, 0.3) is 0 Å². The molecule has 0 spiro atoms. The fourth-order valence-corrected chi connectivity index (χ4v) is 4.85. The van der Waals surface area contributed by atoms with Crippen molar-refractivity contribution in [2.24, 2.45) is 10.8 Å². The van der Waals surface area contributed by atoms with Gasteiger partial charge < -0.3 is 10.1 Å². The Balaban J connectivity index is 1.88. The molecule has 0 amide bonds. The lowest BCUT2D eigenvalue weighted by Gasteiger charge is -2.46. The Morgan fingerprint density at radius 3 is 2.30 bits per heavy atom. The quantitative estimate of drug-likeness (QED) is 0.817. The fraction of sp³-hybridized carbons (Fsp3) is 1.00. The molecule has 0 radical (unpaired) electrons. The zero-order valence-corrected chi connectivity index (χ0v) is 14.3. The maximum atomic E-state index is 5.88. The summed E-state index contributed by atoms with van der Waals surface area (Å²) >= 11 is 0. The van der Waals surface area contributed by atoms with Gasteiger partial charge in [-0.3, -0.25) is 0 Å². The van der Waals surface area contributed by atoms with Gasteiger partial charge in [-0.05, 0) is 49.4 Å². The van der Waals surface area contributed by atoms with Gasteiger partial charge >= 0.3 is 0 Å². The largest absolute Gasteiger partial charge is 0.378 e. The average molecular weight is 281 g/mol. The fourth-order valence-electron chi connectivity index (χ4n) is 4.85. The molecule has 2 fully saturated rings. The van der Waals surface area contributed by atoms with E-state index in [1.165, 1.54) is 44.9 Å². The lowest BCUT2D eigenvalue weighted by atomic mass is 9.63. The minimum Gasteiger partial charge on any atom is -0.378 e. The van der Waals surface area contributed by atoms with Crippen LogP contribution in [0.25, 0.3) is 0 Å². The highest BCUT2D eigenvalue weighted by Crippen LogP contribution is 2.45. The molecule has 20 heavy (non-hydrogen) atoms. The molecule has 2 unspecified atom stereocenters. The first-order valence-electron chi connectivity index (χ1n) is 8.67. The van der Waals surface area contributed by atoms with Crippen LogP contribution in [0.15, 0.2) is 0 Å². The van der Waals surface area contributed by atoms with Gasteiger partial charge in [0, 0.05) is 18.7 Å². The van der Waals surface area contributed by atoms with Crippen molar-refractivity contribution in [3.63, 3.8) is 0 Å². The molecule has 2 atom stereocenters. The third kappa shape index (κ3) is 4.73. The van der Waals surface area contributed by atoms with Crippen LogP contribution >= 0.6 is 0 Å². The average Bonchev–Trinajstić information content (AvgIpc) is 2.25. The van der Waals surface area contributed by atoms with E-state index < -0.39 is 0 Å². The molecule has 0 aromatic heterocycles. The van der Waals surface area contributed by atoms with Crippen LogP contribution in [0.1, 0.15) is 79.6 Å². The van der Waals surface area contributed by atoms with Crippen LogP contribution < -0.4 is 5.32 Å². The predicted octanol–water partition coefficient (Wildman–Crippen LogP) is 4.53. The SMILES string of the molecule is CCCC1CC(NC2CC(C)(C)CC(C)(C)C2)CCO1. The van der Waals surface area contributed by atoms with E-state index in [-0.39, 0.29) is 0 Å². The van der Waals surface area contributed by atoms with Crippen LogP contribution in [0.5, 0.6) is 0 Å². The normalized spacial score (nSPS) is 34.0. The lowest BCUT2D eigenvalue weighted by molar-refractivity contribution is -0.0107. The summed E-state index contributed by atoms with van der Waals surface area (Å²) in [6.45, 7) is 13.0. The summed E-state index contributed by atoms with van der Waals surface area (Å²) in [5.74, 6) is 0. The van der Waals surface area contributed by atoms with Gasteiger partial charge in [-0.15, -0.1) is 0 Å². The van der Waals surface area contributed by atoms with E-state index in [1.807, 2.05) is 0 Å². The van der Waals surface area contributed by atoms with Crippen LogP contribution in [0, 0.1) is 10.8 Å². The Hall–Kier alpha value is -0.0800. The molecular weight excluding hydrogens is 246 g/mol. The number of hydrogen-bond acceptors (Lipinski definition) is 2. The molecule has 0 bridgehead atoms. The van der Waals surface area contributed by atoms with Crippen molar-refractivity contribution in [3.05, 3.63) is 0 Å². The summed E-state index contributed by atoms with van der Waals surface area (Å²) in [6.07, 6.45) is 9.36. The zero-order chi connectivity index (χ0) is 14.8. The topological polar surface area (TPSA) is 21.3 Å². The third-order valence-electron chi connectivity index (χ3n) is 5.00. The number of rotatable bonds is 4. The molecule has 2 nitrogen and oxygen atoms in total. The molecule has 0 aromatic carbocycles. The summed E-state index contributed by atoms with van der Waals surface area (Å²) in [5, 5.41) is 3.98. The van der Waals surface area contributed by atoms with Crippen molar-refractivity contribution < 1.29 is 4.74 Å². The smallest absolute Gasteiger partial charge is 0.0589 e. The Kier molecular flexibility index (Phi) is 5.18. The molecule has 1 saturated carbocycles. The molecule has 1 aliphatic heterocycles. The Bertz CT molecular complexity index is 293. The second-order valence-corrected chi connectivity index (χ2v) is 8.78. The first-order valence-corrected chi connectivity index (χ1v) is 8.67.